The molecule has 0 aromatic rings. The summed E-state index contributed by atoms with van der Waals surface area (Å²) in [6, 6.07) is 0. The van der Waals surface area contributed by atoms with Gasteiger partial charge < -0.3 is 0 Å². The lowest BCUT2D eigenvalue weighted by Gasteiger charge is -2.27. The fraction of sp³-hybridized carbons (Fsp3) is 0.364. The van der Waals surface area contributed by atoms with Gasteiger partial charge in [-0.3, -0.25) is 9.98 Å². The number of hydrogen-bond acceptors (Lipinski definition) is 4. The van der Waals surface area contributed by atoms with Crippen LogP contribution >= 0.6 is 0 Å². The van der Waals surface area contributed by atoms with Crippen molar-refractivity contribution in [3.63, 3.8) is 0 Å². The Morgan fingerprint density at radius 1 is 1.19 bits per heavy atom. The van der Waals surface area contributed by atoms with E-state index in [1.807, 2.05) is 25.2 Å². The second kappa shape index (κ2) is 10.4. The Hall–Kier alpha value is -2.62. The Balaban J connectivity index is 2.55. The van der Waals surface area contributed by atoms with Gasteiger partial charge in [0.2, 0.25) is 0 Å². The molecule has 0 N–H and O–H groups in total. The third kappa shape index (κ3) is 4.72. The third-order valence-corrected chi connectivity index (χ3v) is 4.53. The van der Waals surface area contributed by atoms with Gasteiger partial charge in [0.05, 0.1) is 17.1 Å². The second-order valence-electron chi connectivity index (χ2n) is 6.18. The molecular formula is C22H28N4. The quantitative estimate of drug-likeness (QED) is 0.463. The molecule has 2 aliphatic rings. The summed E-state index contributed by atoms with van der Waals surface area (Å²) in [7, 11) is 1.79. The van der Waals surface area contributed by atoms with Gasteiger partial charge in [0.1, 0.15) is 5.71 Å². The van der Waals surface area contributed by atoms with Gasteiger partial charge in [-0.1, -0.05) is 56.4 Å². The van der Waals surface area contributed by atoms with Gasteiger partial charge in [0.15, 0.2) is 0 Å². The van der Waals surface area contributed by atoms with Crippen LogP contribution in [0, 0.1) is 5.92 Å². The average Bonchev–Trinajstić information content (AvgIpc) is 2.64. The Bertz CT molecular complexity index is 742. The summed E-state index contributed by atoms with van der Waals surface area (Å²) >= 11 is 0. The normalized spacial score (nSPS) is 24.2. The summed E-state index contributed by atoms with van der Waals surface area (Å²) in [4.78, 5) is 8.92. The molecule has 0 radical (unpaired) electrons. The fourth-order valence-electron chi connectivity index (χ4n) is 3.27. The Kier molecular flexibility index (Phi) is 7.87. The van der Waals surface area contributed by atoms with Crippen LogP contribution in [0.25, 0.3) is 0 Å². The number of hydrogen-bond donors (Lipinski definition) is 0. The van der Waals surface area contributed by atoms with E-state index in [1.54, 1.807) is 25.4 Å². The van der Waals surface area contributed by atoms with Gasteiger partial charge in [0, 0.05) is 19.2 Å². The topological polar surface area (TPSA) is 49.4 Å². The number of rotatable bonds is 6. The molecule has 4 nitrogen and oxygen atoms in total. The van der Waals surface area contributed by atoms with Crippen molar-refractivity contribution >= 4 is 23.3 Å². The van der Waals surface area contributed by atoms with E-state index in [0.717, 1.165) is 35.7 Å². The van der Waals surface area contributed by atoms with Crippen LogP contribution in [0.5, 0.6) is 0 Å². The smallest absolute Gasteiger partial charge is 0.114 e. The summed E-state index contributed by atoms with van der Waals surface area (Å²) in [5.41, 5.74) is 4.72. The molecule has 1 aliphatic heterocycles. The molecule has 0 aromatic heterocycles. The van der Waals surface area contributed by atoms with E-state index < -0.39 is 0 Å². The molecule has 1 atom stereocenters. The minimum atomic E-state index is 0.199. The Morgan fingerprint density at radius 3 is 2.73 bits per heavy atom. The van der Waals surface area contributed by atoms with E-state index in [4.69, 9.17) is 0 Å². The van der Waals surface area contributed by atoms with Crippen molar-refractivity contribution in [2.24, 2.45) is 26.1 Å². The van der Waals surface area contributed by atoms with E-state index in [9.17, 15) is 0 Å². The zero-order valence-electron chi connectivity index (χ0n) is 15.9. The van der Waals surface area contributed by atoms with E-state index >= 15 is 0 Å². The lowest BCUT2D eigenvalue weighted by Crippen LogP contribution is -2.31. The van der Waals surface area contributed by atoms with Crippen molar-refractivity contribution in [2.45, 2.75) is 39.0 Å². The molecule has 0 aromatic carbocycles. The molecule has 0 fully saturated rings. The Labute approximate surface area is 156 Å². The predicted molar refractivity (Wildman–Crippen MR) is 115 cm³/mol. The molecule has 4 heteroatoms. The highest BCUT2D eigenvalue weighted by molar-refractivity contribution is 6.49. The summed E-state index contributed by atoms with van der Waals surface area (Å²) < 4.78 is 0. The summed E-state index contributed by atoms with van der Waals surface area (Å²) in [6.07, 6.45) is 19.0. The summed E-state index contributed by atoms with van der Waals surface area (Å²) in [5.74, 6) is 0.199. The molecule has 0 bridgehead atoms. The van der Waals surface area contributed by atoms with Crippen LogP contribution in [-0.2, 0) is 0 Å². The molecule has 0 spiro atoms. The predicted octanol–water partition coefficient (Wildman–Crippen LogP) is 5.28. The number of allylic oxidation sites excluding steroid dienone is 7. The van der Waals surface area contributed by atoms with Crippen LogP contribution in [-0.4, -0.2) is 30.4 Å². The number of nitrogens with zero attached hydrogens (tertiary/aromatic N) is 4. The Morgan fingerprint density at radius 2 is 2.04 bits per heavy atom. The monoisotopic (exact) mass is 348 g/mol. The molecule has 136 valence electrons. The fourth-order valence-corrected chi connectivity index (χ4v) is 3.27. The average molecular weight is 348 g/mol. The molecule has 0 saturated heterocycles. The first-order valence-electron chi connectivity index (χ1n) is 9.20. The highest BCUT2D eigenvalue weighted by atomic mass is 15.2. The van der Waals surface area contributed by atoms with E-state index in [0.29, 0.717) is 0 Å². The van der Waals surface area contributed by atoms with Crippen molar-refractivity contribution in [3.8, 4) is 0 Å². The molecule has 1 unspecified atom stereocenters. The van der Waals surface area contributed by atoms with Gasteiger partial charge in [-0.25, -0.2) is 0 Å². The van der Waals surface area contributed by atoms with Gasteiger partial charge in [-0.15, -0.1) is 5.10 Å². The van der Waals surface area contributed by atoms with Crippen molar-refractivity contribution in [1.82, 2.24) is 0 Å². The van der Waals surface area contributed by atoms with Crippen molar-refractivity contribution in [2.75, 3.05) is 7.05 Å². The minimum Gasteiger partial charge on any atom is -0.287 e. The third-order valence-electron chi connectivity index (χ3n) is 4.53. The van der Waals surface area contributed by atoms with E-state index in [-0.39, 0.29) is 5.92 Å². The molecule has 1 aliphatic carbocycles. The highest BCUT2D eigenvalue weighted by Crippen LogP contribution is 2.32. The zero-order valence-corrected chi connectivity index (χ0v) is 15.9. The van der Waals surface area contributed by atoms with Crippen LogP contribution in [0.3, 0.4) is 0 Å². The first kappa shape index (κ1) is 19.7. The van der Waals surface area contributed by atoms with Crippen LogP contribution in [0.1, 0.15) is 39.0 Å². The van der Waals surface area contributed by atoms with Gasteiger partial charge >= 0.3 is 0 Å². The van der Waals surface area contributed by atoms with Crippen LogP contribution in [0.15, 0.2) is 81.1 Å². The van der Waals surface area contributed by atoms with E-state index in [1.165, 1.54) is 24.8 Å². The molecule has 1 heterocycles. The maximum Gasteiger partial charge on any atom is 0.114 e. The zero-order chi connectivity index (χ0) is 18.8. The maximum absolute atomic E-state index is 4.58. The molecule has 26 heavy (non-hydrogen) atoms. The van der Waals surface area contributed by atoms with Crippen molar-refractivity contribution in [3.05, 3.63) is 60.9 Å². The van der Waals surface area contributed by atoms with Gasteiger partial charge in [-0.2, -0.15) is 5.10 Å². The first-order valence-corrected chi connectivity index (χ1v) is 9.20. The van der Waals surface area contributed by atoms with Gasteiger partial charge in [-0.05, 0) is 37.8 Å². The van der Waals surface area contributed by atoms with E-state index in [2.05, 4.69) is 39.4 Å². The molecule has 0 amide bonds. The largest absolute Gasteiger partial charge is 0.287 e. The number of fused-ring (bicyclic) bond motifs is 1. The van der Waals surface area contributed by atoms with Crippen molar-refractivity contribution in [1.29, 1.82) is 0 Å². The SMILES string of the molecule is C=CC=N/C(=C\C)C1=NN=C(C(/C=C\C=C)=NC)C2CCCCC/C=C/12. The first-order chi connectivity index (χ1) is 12.8. The van der Waals surface area contributed by atoms with Crippen LogP contribution in [0.2, 0.25) is 0 Å². The van der Waals surface area contributed by atoms with Crippen LogP contribution < -0.4 is 0 Å². The standard InChI is InChI=1S/C22H28N4/c1-5-8-15-20(23-4)22-18-14-12-10-9-11-13-17(18)21(25-26-22)19(7-3)24-16-6-2/h5-8,13,15-16,18H,1-2,9-12,14H2,3-4H3/b15-8-,17-13+,19-7-,23-20?,24-16?. The maximum atomic E-state index is 4.58. The lowest BCUT2D eigenvalue weighted by molar-refractivity contribution is 0.588. The molecule has 2 rings (SSSR count). The highest BCUT2D eigenvalue weighted by Gasteiger charge is 2.31. The minimum absolute atomic E-state index is 0.199. The number of aliphatic imine (C=N–C) groups is 2. The lowest BCUT2D eigenvalue weighted by atomic mass is 9.80. The van der Waals surface area contributed by atoms with Gasteiger partial charge in [0.25, 0.3) is 0 Å². The van der Waals surface area contributed by atoms with Crippen molar-refractivity contribution < 1.29 is 0 Å². The summed E-state index contributed by atoms with van der Waals surface area (Å²) in [5, 5.41) is 9.12. The molecular weight excluding hydrogens is 320 g/mol. The summed E-state index contributed by atoms with van der Waals surface area (Å²) in [6.45, 7) is 9.42. The van der Waals surface area contributed by atoms with Crippen LogP contribution in [0.4, 0.5) is 0 Å². The molecule has 0 saturated carbocycles. The second-order valence-corrected chi connectivity index (χ2v) is 6.18.